The third kappa shape index (κ3) is 4.36. The third-order valence-electron chi connectivity index (χ3n) is 2.90. The van der Waals surface area contributed by atoms with Crippen LogP contribution in [0.2, 0.25) is 5.02 Å². The van der Waals surface area contributed by atoms with E-state index in [0.717, 1.165) is 5.56 Å². The second-order valence-corrected chi connectivity index (χ2v) is 4.97. The molecule has 110 valence electrons. The Hall–Kier alpha value is -2.27. The highest BCUT2D eigenvalue weighted by Crippen LogP contribution is 2.11. The van der Waals surface area contributed by atoms with E-state index in [2.05, 4.69) is 4.98 Å². The first-order chi connectivity index (χ1) is 10.1. The van der Waals surface area contributed by atoms with Gasteiger partial charge in [-0.2, -0.15) is 0 Å². The number of esters is 1. The molecule has 5 nitrogen and oxygen atoms in total. The molecular formula is C15H15ClN2O3. The van der Waals surface area contributed by atoms with E-state index < -0.39 is 5.97 Å². The fraction of sp³-hybridized carbons (Fsp3) is 0.200. The maximum Gasteiger partial charge on any atom is 0.355 e. The quantitative estimate of drug-likeness (QED) is 0.863. The fourth-order valence-corrected chi connectivity index (χ4v) is 1.85. The predicted molar refractivity (Wildman–Crippen MR) is 79.0 cm³/mol. The summed E-state index contributed by atoms with van der Waals surface area (Å²) >= 11 is 5.80. The van der Waals surface area contributed by atoms with Crippen molar-refractivity contribution >= 4 is 23.5 Å². The number of halogens is 1. The van der Waals surface area contributed by atoms with Crippen LogP contribution in [0, 0.1) is 0 Å². The summed E-state index contributed by atoms with van der Waals surface area (Å²) in [4.78, 5) is 27.7. The number of aromatic amines is 1. The van der Waals surface area contributed by atoms with Gasteiger partial charge in [0, 0.05) is 24.8 Å². The van der Waals surface area contributed by atoms with Crippen LogP contribution >= 0.6 is 11.6 Å². The summed E-state index contributed by atoms with van der Waals surface area (Å²) in [6, 6.07) is 10.5. The number of nitrogens with zero attached hydrogens (tertiary/aromatic N) is 1. The van der Waals surface area contributed by atoms with Gasteiger partial charge < -0.3 is 14.6 Å². The summed E-state index contributed by atoms with van der Waals surface area (Å²) in [5, 5.41) is 0.646. The Bertz CT molecular complexity index is 608. The summed E-state index contributed by atoms with van der Waals surface area (Å²) in [6.07, 6.45) is 1.62. The van der Waals surface area contributed by atoms with Gasteiger partial charge in [0.15, 0.2) is 6.61 Å². The number of likely N-dealkylation sites (N-methyl/N-ethyl adjacent to an activating group) is 1. The normalized spacial score (nSPS) is 10.2. The number of aromatic nitrogens is 1. The number of carbonyl (C=O) groups is 2. The van der Waals surface area contributed by atoms with Gasteiger partial charge in [-0.05, 0) is 29.8 Å². The van der Waals surface area contributed by atoms with Crippen molar-refractivity contribution in [3.63, 3.8) is 0 Å². The number of carbonyl (C=O) groups excluding carboxylic acids is 2. The van der Waals surface area contributed by atoms with E-state index in [1.807, 2.05) is 12.1 Å². The molecule has 0 atom stereocenters. The van der Waals surface area contributed by atoms with Crippen LogP contribution in [0.25, 0.3) is 0 Å². The number of hydrogen-bond donors (Lipinski definition) is 1. The van der Waals surface area contributed by atoms with Crippen molar-refractivity contribution in [2.45, 2.75) is 6.54 Å². The van der Waals surface area contributed by atoms with Gasteiger partial charge in [0.1, 0.15) is 5.69 Å². The van der Waals surface area contributed by atoms with Gasteiger partial charge in [0.05, 0.1) is 0 Å². The summed E-state index contributed by atoms with van der Waals surface area (Å²) in [5.41, 5.74) is 1.27. The second-order valence-electron chi connectivity index (χ2n) is 4.54. The maximum atomic E-state index is 11.9. The minimum absolute atomic E-state index is 0.273. The van der Waals surface area contributed by atoms with Crippen molar-refractivity contribution in [1.82, 2.24) is 9.88 Å². The van der Waals surface area contributed by atoms with Crippen LogP contribution in [0.4, 0.5) is 0 Å². The van der Waals surface area contributed by atoms with Crippen LogP contribution < -0.4 is 0 Å². The van der Waals surface area contributed by atoms with E-state index in [1.165, 1.54) is 4.90 Å². The van der Waals surface area contributed by atoms with E-state index in [-0.39, 0.29) is 12.5 Å². The van der Waals surface area contributed by atoms with E-state index in [4.69, 9.17) is 16.3 Å². The van der Waals surface area contributed by atoms with Gasteiger partial charge in [-0.25, -0.2) is 4.79 Å². The van der Waals surface area contributed by atoms with Gasteiger partial charge >= 0.3 is 5.97 Å². The molecule has 2 aromatic rings. The van der Waals surface area contributed by atoms with Gasteiger partial charge in [-0.15, -0.1) is 0 Å². The highest BCUT2D eigenvalue weighted by atomic mass is 35.5. The van der Waals surface area contributed by atoms with Crippen molar-refractivity contribution in [2.24, 2.45) is 0 Å². The standard InChI is InChI=1S/C15H15ClN2O3/c1-18(9-11-4-6-12(16)7-5-11)14(19)10-21-15(20)13-3-2-8-17-13/h2-8,17H,9-10H2,1H3. The van der Waals surface area contributed by atoms with Crippen LogP contribution in [0.3, 0.4) is 0 Å². The molecule has 21 heavy (non-hydrogen) atoms. The first-order valence-electron chi connectivity index (χ1n) is 6.35. The Morgan fingerprint density at radius 2 is 1.95 bits per heavy atom. The first-order valence-corrected chi connectivity index (χ1v) is 6.73. The number of rotatable bonds is 5. The largest absolute Gasteiger partial charge is 0.451 e. The van der Waals surface area contributed by atoms with E-state index >= 15 is 0 Å². The van der Waals surface area contributed by atoms with Crippen LogP contribution in [-0.4, -0.2) is 35.4 Å². The van der Waals surface area contributed by atoms with Crippen LogP contribution in [-0.2, 0) is 16.1 Å². The average Bonchev–Trinajstić information content (AvgIpc) is 3.01. The van der Waals surface area contributed by atoms with Crippen LogP contribution in [0.1, 0.15) is 16.1 Å². The van der Waals surface area contributed by atoms with Gasteiger partial charge in [-0.3, -0.25) is 4.79 Å². The molecule has 0 radical (unpaired) electrons. The minimum atomic E-state index is -0.548. The Kier molecular flexibility index (Phi) is 5.00. The molecule has 0 saturated carbocycles. The molecule has 2 rings (SSSR count). The molecule has 0 spiro atoms. The number of nitrogens with one attached hydrogen (secondary N) is 1. The smallest absolute Gasteiger partial charge is 0.355 e. The van der Waals surface area contributed by atoms with Crippen LogP contribution in [0.15, 0.2) is 42.6 Å². The lowest BCUT2D eigenvalue weighted by Crippen LogP contribution is -2.30. The number of H-pyrrole nitrogens is 1. The monoisotopic (exact) mass is 306 g/mol. The highest BCUT2D eigenvalue weighted by molar-refractivity contribution is 6.30. The van der Waals surface area contributed by atoms with Crippen molar-refractivity contribution < 1.29 is 14.3 Å². The van der Waals surface area contributed by atoms with Crippen molar-refractivity contribution in [3.05, 3.63) is 58.9 Å². The SMILES string of the molecule is CN(Cc1ccc(Cl)cc1)C(=O)COC(=O)c1ccc[nH]1. The lowest BCUT2D eigenvalue weighted by molar-refractivity contribution is -0.133. The second kappa shape index (κ2) is 6.95. The number of ether oxygens (including phenoxy) is 1. The summed E-state index contributed by atoms with van der Waals surface area (Å²) in [5.74, 6) is -0.821. The molecule has 1 N–H and O–H groups in total. The van der Waals surface area contributed by atoms with Gasteiger partial charge in [0.2, 0.25) is 0 Å². The zero-order chi connectivity index (χ0) is 15.2. The molecule has 1 heterocycles. The number of benzene rings is 1. The van der Waals surface area contributed by atoms with Gasteiger partial charge in [0.25, 0.3) is 5.91 Å². The number of hydrogen-bond acceptors (Lipinski definition) is 3. The van der Waals surface area contributed by atoms with Gasteiger partial charge in [-0.1, -0.05) is 23.7 Å². The van der Waals surface area contributed by atoms with Crippen LogP contribution in [0.5, 0.6) is 0 Å². The zero-order valence-corrected chi connectivity index (χ0v) is 12.3. The van der Waals surface area contributed by atoms with Crippen molar-refractivity contribution in [2.75, 3.05) is 13.7 Å². The molecule has 1 amide bonds. The molecule has 0 aliphatic rings. The fourth-order valence-electron chi connectivity index (χ4n) is 1.72. The molecular weight excluding hydrogens is 292 g/mol. The predicted octanol–water partition coefficient (Wildman–Crippen LogP) is 2.48. The molecule has 0 aliphatic heterocycles. The van der Waals surface area contributed by atoms with E-state index in [9.17, 15) is 9.59 Å². The maximum absolute atomic E-state index is 11.9. The van der Waals surface area contributed by atoms with Crippen molar-refractivity contribution in [1.29, 1.82) is 0 Å². The Morgan fingerprint density at radius 1 is 1.24 bits per heavy atom. The third-order valence-corrected chi connectivity index (χ3v) is 3.16. The summed E-state index contributed by atoms with van der Waals surface area (Å²) < 4.78 is 4.94. The van der Waals surface area contributed by atoms with E-state index in [1.54, 1.807) is 37.5 Å². The molecule has 0 unspecified atom stereocenters. The number of amides is 1. The van der Waals surface area contributed by atoms with E-state index in [0.29, 0.717) is 17.3 Å². The molecule has 0 saturated heterocycles. The lowest BCUT2D eigenvalue weighted by atomic mass is 10.2. The molecule has 0 bridgehead atoms. The van der Waals surface area contributed by atoms with Crippen molar-refractivity contribution in [3.8, 4) is 0 Å². The average molecular weight is 307 g/mol. The molecule has 6 heteroatoms. The molecule has 0 aliphatic carbocycles. The molecule has 1 aromatic carbocycles. The summed E-state index contributed by atoms with van der Waals surface area (Å²) in [6.45, 7) is 0.137. The molecule has 1 aromatic heterocycles. The highest BCUT2D eigenvalue weighted by Gasteiger charge is 2.14. The lowest BCUT2D eigenvalue weighted by Gasteiger charge is -2.17. The minimum Gasteiger partial charge on any atom is -0.451 e. The topological polar surface area (TPSA) is 62.4 Å². The summed E-state index contributed by atoms with van der Waals surface area (Å²) in [7, 11) is 1.65. The Balaban J connectivity index is 1.82. The molecule has 0 fully saturated rings. The Labute approximate surface area is 127 Å². The Morgan fingerprint density at radius 3 is 2.57 bits per heavy atom. The zero-order valence-electron chi connectivity index (χ0n) is 11.5. The first kappa shape index (κ1) is 15.1.